The van der Waals surface area contributed by atoms with Crippen LogP contribution in [-0.4, -0.2) is 0 Å². The van der Waals surface area contributed by atoms with E-state index >= 15 is 0 Å². The highest BCUT2D eigenvalue weighted by Gasteiger charge is 2.43. The van der Waals surface area contributed by atoms with Crippen molar-refractivity contribution in [1.29, 1.82) is 0 Å². The van der Waals surface area contributed by atoms with Crippen LogP contribution in [0.2, 0.25) is 0 Å². The van der Waals surface area contributed by atoms with Crippen molar-refractivity contribution < 1.29 is 0 Å². The van der Waals surface area contributed by atoms with Crippen molar-refractivity contribution >= 4 is 29.2 Å². The lowest BCUT2D eigenvalue weighted by Gasteiger charge is -2.34. The molecular formula is C49H39N. The molecule has 0 bridgehead atoms. The molecule has 50 heavy (non-hydrogen) atoms. The van der Waals surface area contributed by atoms with E-state index in [-0.39, 0.29) is 5.41 Å². The SMILES string of the molecule is C=Cc1ccc(CC2(Cc3ccc(C=C)cc3)c3ccccc3-c3ccc(N(c4ccccc4)c4ccc(-c5ccccc5)cc4)cc32)cc1. The van der Waals surface area contributed by atoms with Crippen molar-refractivity contribution in [2.75, 3.05) is 4.90 Å². The van der Waals surface area contributed by atoms with Crippen LogP contribution < -0.4 is 4.90 Å². The Bertz CT molecular complexity index is 2210. The smallest absolute Gasteiger partial charge is 0.0465 e. The second-order valence-electron chi connectivity index (χ2n) is 13.2. The molecule has 0 N–H and O–H groups in total. The Balaban J connectivity index is 1.31. The summed E-state index contributed by atoms with van der Waals surface area (Å²) in [5.41, 5.74) is 15.8. The number of rotatable bonds is 10. The lowest BCUT2D eigenvalue weighted by atomic mass is 9.69. The van der Waals surface area contributed by atoms with E-state index < -0.39 is 0 Å². The summed E-state index contributed by atoms with van der Waals surface area (Å²) in [4.78, 5) is 2.39. The van der Waals surface area contributed by atoms with Gasteiger partial charge in [-0.1, -0.05) is 165 Å². The van der Waals surface area contributed by atoms with Gasteiger partial charge in [-0.05, 0) is 105 Å². The van der Waals surface area contributed by atoms with E-state index in [0.29, 0.717) is 0 Å². The zero-order valence-corrected chi connectivity index (χ0v) is 28.2. The van der Waals surface area contributed by atoms with E-state index in [9.17, 15) is 0 Å². The summed E-state index contributed by atoms with van der Waals surface area (Å²) in [5.74, 6) is 0. The molecule has 1 heteroatoms. The number of nitrogens with zero attached hydrogens (tertiary/aromatic N) is 1. The molecule has 0 aliphatic heterocycles. The highest BCUT2D eigenvalue weighted by Crippen LogP contribution is 2.54. The second kappa shape index (κ2) is 13.4. The lowest BCUT2D eigenvalue weighted by Crippen LogP contribution is -2.31. The number of fused-ring (bicyclic) bond motifs is 3. The van der Waals surface area contributed by atoms with Crippen molar-refractivity contribution in [3.63, 3.8) is 0 Å². The average molecular weight is 642 g/mol. The molecule has 0 saturated heterocycles. The molecule has 7 aromatic carbocycles. The summed E-state index contributed by atoms with van der Waals surface area (Å²) in [7, 11) is 0. The summed E-state index contributed by atoms with van der Waals surface area (Å²) in [6.45, 7) is 7.98. The van der Waals surface area contributed by atoms with Crippen LogP contribution in [0.15, 0.2) is 189 Å². The van der Waals surface area contributed by atoms with Crippen molar-refractivity contribution in [2.24, 2.45) is 0 Å². The normalized spacial score (nSPS) is 12.5. The van der Waals surface area contributed by atoms with Crippen LogP contribution in [0.1, 0.15) is 33.4 Å². The molecule has 1 nitrogen and oxygen atoms in total. The number of benzene rings is 7. The molecule has 7 aromatic rings. The first-order valence-corrected chi connectivity index (χ1v) is 17.3. The molecule has 0 heterocycles. The second-order valence-corrected chi connectivity index (χ2v) is 13.2. The molecule has 240 valence electrons. The minimum atomic E-state index is -0.285. The Kier molecular flexibility index (Phi) is 8.32. The highest BCUT2D eigenvalue weighted by atomic mass is 15.1. The van der Waals surface area contributed by atoms with Gasteiger partial charge < -0.3 is 4.90 Å². The lowest BCUT2D eigenvalue weighted by molar-refractivity contribution is 0.520. The monoisotopic (exact) mass is 641 g/mol. The predicted octanol–water partition coefficient (Wildman–Crippen LogP) is 12.9. The molecule has 0 unspecified atom stereocenters. The van der Waals surface area contributed by atoms with E-state index in [2.05, 4.69) is 194 Å². The van der Waals surface area contributed by atoms with Gasteiger partial charge in [-0.15, -0.1) is 0 Å². The summed E-state index contributed by atoms with van der Waals surface area (Å²) in [5, 5.41) is 0. The number of hydrogen-bond donors (Lipinski definition) is 0. The molecule has 1 aliphatic rings. The maximum Gasteiger partial charge on any atom is 0.0465 e. The first kappa shape index (κ1) is 31.1. The minimum absolute atomic E-state index is 0.285. The Morgan fingerprint density at radius 1 is 0.420 bits per heavy atom. The van der Waals surface area contributed by atoms with Gasteiger partial charge in [-0.25, -0.2) is 0 Å². The molecule has 0 amide bonds. The topological polar surface area (TPSA) is 3.24 Å². The van der Waals surface area contributed by atoms with Crippen LogP contribution >= 0.6 is 0 Å². The molecule has 1 aliphatic carbocycles. The quantitative estimate of drug-likeness (QED) is 0.144. The molecular weight excluding hydrogens is 603 g/mol. The number of para-hydroxylation sites is 1. The molecule has 0 radical (unpaired) electrons. The fourth-order valence-electron chi connectivity index (χ4n) is 7.72. The Morgan fingerprint density at radius 2 is 0.900 bits per heavy atom. The van der Waals surface area contributed by atoms with Crippen molar-refractivity contribution in [3.8, 4) is 22.3 Å². The maximum absolute atomic E-state index is 3.99. The van der Waals surface area contributed by atoms with Gasteiger partial charge in [-0.2, -0.15) is 0 Å². The molecule has 0 spiro atoms. The van der Waals surface area contributed by atoms with Gasteiger partial charge in [0.05, 0.1) is 0 Å². The number of anilines is 3. The van der Waals surface area contributed by atoms with Gasteiger partial charge >= 0.3 is 0 Å². The standard InChI is InChI=1S/C49H39N/c1-3-36-19-23-38(24-20-36)34-49(35-39-25-21-37(4-2)22-26-39)47-18-12-11-17-45(47)46-32-31-44(33-48(46)49)50(42-15-9-6-10-16-42)43-29-27-41(28-30-43)40-13-7-5-8-14-40/h3-33H,1-2,34-35H2. The molecule has 0 fully saturated rings. The summed E-state index contributed by atoms with van der Waals surface area (Å²) >= 11 is 0. The average Bonchev–Trinajstić information content (AvgIpc) is 3.45. The molecule has 8 rings (SSSR count). The Morgan fingerprint density at radius 3 is 1.50 bits per heavy atom. The van der Waals surface area contributed by atoms with E-state index in [4.69, 9.17) is 0 Å². The third-order valence-corrected chi connectivity index (χ3v) is 10.2. The van der Waals surface area contributed by atoms with Gasteiger partial charge in [0.15, 0.2) is 0 Å². The van der Waals surface area contributed by atoms with Gasteiger partial charge in [0.1, 0.15) is 0 Å². The predicted molar refractivity (Wildman–Crippen MR) is 213 cm³/mol. The molecule has 0 atom stereocenters. The third kappa shape index (κ3) is 5.78. The maximum atomic E-state index is 3.99. The Hall–Kier alpha value is -6.18. The van der Waals surface area contributed by atoms with Crippen LogP contribution in [0.3, 0.4) is 0 Å². The zero-order chi connectivity index (χ0) is 33.9. The number of hydrogen-bond acceptors (Lipinski definition) is 1. The summed E-state index contributed by atoms with van der Waals surface area (Å²) in [6, 6.07) is 64.2. The minimum Gasteiger partial charge on any atom is -0.310 e. The first-order valence-electron chi connectivity index (χ1n) is 17.3. The Labute approximate surface area is 296 Å². The largest absolute Gasteiger partial charge is 0.310 e. The van der Waals surface area contributed by atoms with E-state index in [1.165, 1.54) is 44.5 Å². The van der Waals surface area contributed by atoms with Crippen molar-refractivity contribution in [3.05, 3.63) is 222 Å². The van der Waals surface area contributed by atoms with Gasteiger partial charge in [0, 0.05) is 22.5 Å². The van der Waals surface area contributed by atoms with E-state index in [1.807, 2.05) is 12.2 Å². The van der Waals surface area contributed by atoms with Crippen LogP contribution in [-0.2, 0) is 18.3 Å². The third-order valence-electron chi connectivity index (χ3n) is 10.2. The summed E-state index contributed by atoms with van der Waals surface area (Å²) in [6.07, 6.45) is 5.58. The van der Waals surface area contributed by atoms with Gasteiger partial charge in [0.25, 0.3) is 0 Å². The first-order chi connectivity index (χ1) is 24.6. The molecule has 0 aromatic heterocycles. The van der Waals surface area contributed by atoms with Crippen LogP contribution in [0.4, 0.5) is 17.1 Å². The summed E-state index contributed by atoms with van der Waals surface area (Å²) < 4.78 is 0. The van der Waals surface area contributed by atoms with Crippen molar-refractivity contribution in [1.82, 2.24) is 0 Å². The zero-order valence-electron chi connectivity index (χ0n) is 28.2. The van der Waals surface area contributed by atoms with E-state index in [1.54, 1.807) is 0 Å². The van der Waals surface area contributed by atoms with Crippen LogP contribution in [0.5, 0.6) is 0 Å². The van der Waals surface area contributed by atoms with E-state index in [0.717, 1.165) is 41.0 Å². The van der Waals surface area contributed by atoms with Crippen LogP contribution in [0.25, 0.3) is 34.4 Å². The fourth-order valence-corrected chi connectivity index (χ4v) is 7.72. The van der Waals surface area contributed by atoms with Crippen molar-refractivity contribution in [2.45, 2.75) is 18.3 Å². The van der Waals surface area contributed by atoms with Gasteiger partial charge in [0.2, 0.25) is 0 Å². The fraction of sp³-hybridized carbons (Fsp3) is 0.0612. The molecule has 0 saturated carbocycles. The van der Waals surface area contributed by atoms with Crippen LogP contribution in [0, 0.1) is 0 Å². The highest BCUT2D eigenvalue weighted by molar-refractivity contribution is 5.86. The van der Waals surface area contributed by atoms with Gasteiger partial charge in [-0.3, -0.25) is 0 Å².